The molecule has 0 spiro atoms. The summed E-state index contributed by atoms with van der Waals surface area (Å²) in [5, 5.41) is 3.49. The van der Waals surface area contributed by atoms with E-state index in [1.165, 1.54) is 5.57 Å². The van der Waals surface area contributed by atoms with Gasteiger partial charge in [0.05, 0.1) is 5.70 Å². The minimum atomic E-state index is -2.54. The van der Waals surface area contributed by atoms with Gasteiger partial charge in [-0.15, -0.1) is 19.3 Å². The number of halogens is 2. The van der Waals surface area contributed by atoms with Crippen LogP contribution in [-0.4, -0.2) is 17.9 Å². The van der Waals surface area contributed by atoms with Gasteiger partial charge in [-0.05, 0) is 75.3 Å². The molecule has 0 heterocycles. The topological polar surface area (TPSA) is 15.3 Å². The Hall–Kier alpha value is -3.24. The largest absolute Gasteiger partial charge is 0.355 e. The van der Waals surface area contributed by atoms with Crippen LogP contribution in [-0.2, 0) is 0 Å². The summed E-state index contributed by atoms with van der Waals surface area (Å²) in [7, 11) is 1.97. The molecule has 2 aliphatic carbocycles. The normalized spacial score (nSPS) is 18.9. The number of hydrogen-bond donors (Lipinski definition) is 1. The lowest BCUT2D eigenvalue weighted by Crippen LogP contribution is -2.31. The summed E-state index contributed by atoms with van der Waals surface area (Å²) in [6, 6.07) is 0. The molecule has 2 rings (SSSR count). The van der Waals surface area contributed by atoms with Crippen LogP contribution in [0.1, 0.15) is 65.2 Å². The molecule has 0 aliphatic heterocycles. The molecule has 35 heavy (non-hydrogen) atoms. The number of nitrogens with one attached hydrogen (secondary N) is 1. The van der Waals surface area contributed by atoms with Crippen molar-refractivity contribution in [3.8, 4) is 25.2 Å². The Kier molecular flexibility index (Phi) is 12.7. The maximum absolute atomic E-state index is 13.7. The zero-order valence-electron chi connectivity index (χ0n) is 21.5. The fourth-order valence-corrected chi connectivity index (χ4v) is 4.30. The number of allylic oxidation sites excluding steroid dienone is 10. The molecule has 0 radical (unpaired) electrons. The second kappa shape index (κ2) is 14.9. The molecule has 2 fully saturated rings. The molecule has 2 nitrogen and oxygen atoms in total. The molecule has 0 bridgehead atoms. The van der Waals surface area contributed by atoms with Crippen molar-refractivity contribution in [2.45, 2.75) is 71.1 Å². The smallest absolute Gasteiger partial charge is 0.248 e. The summed E-state index contributed by atoms with van der Waals surface area (Å²) < 4.78 is 27.5. The fraction of sp³-hybridized carbons (Fsp3) is 0.419. The number of alkyl halides is 2. The van der Waals surface area contributed by atoms with Gasteiger partial charge < -0.3 is 10.2 Å². The summed E-state index contributed by atoms with van der Waals surface area (Å²) in [6.07, 6.45) is 30.4. The van der Waals surface area contributed by atoms with Crippen LogP contribution in [0.4, 0.5) is 8.78 Å². The predicted molar refractivity (Wildman–Crippen MR) is 146 cm³/mol. The van der Waals surface area contributed by atoms with Gasteiger partial charge in [0.1, 0.15) is 0 Å². The zero-order chi connectivity index (χ0) is 26.4. The van der Waals surface area contributed by atoms with Crippen LogP contribution in [0.25, 0.3) is 0 Å². The van der Waals surface area contributed by atoms with Gasteiger partial charge in [-0.25, -0.2) is 8.78 Å². The van der Waals surface area contributed by atoms with Crippen molar-refractivity contribution in [2.24, 2.45) is 5.92 Å². The SMILES string of the molecule is C#C.C#C\C(=C/C(=C/C/C(=C/C)N(C)C=C)C(/C=C)=C\C)NC(=C1CCC1)C1CCC(F)(F)CC1. The quantitative estimate of drug-likeness (QED) is 0.252. The summed E-state index contributed by atoms with van der Waals surface area (Å²) >= 11 is 0. The highest BCUT2D eigenvalue weighted by Gasteiger charge is 2.37. The van der Waals surface area contributed by atoms with Gasteiger partial charge >= 0.3 is 0 Å². The molecule has 0 aromatic heterocycles. The van der Waals surface area contributed by atoms with Crippen LogP contribution in [0.2, 0.25) is 0 Å². The van der Waals surface area contributed by atoms with Crippen molar-refractivity contribution in [2.75, 3.05) is 7.05 Å². The van der Waals surface area contributed by atoms with E-state index in [9.17, 15) is 8.78 Å². The maximum atomic E-state index is 13.7. The third-order valence-corrected chi connectivity index (χ3v) is 6.64. The molecule has 0 unspecified atom stereocenters. The minimum absolute atomic E-state index is 0.0570. The highest BCUT2D eigenvalue weighted by molar-refractivity contribution is 5.50. The summed E-state index contributed by atoms with van der Waals surface area (Å²) in [5.41, 5.74) is 6.12. The Labute approximate surface area is 211 Å². The van der Waals surface area contributed by atoms with E-state index >= 15 is 0 Å². The van der Waals surface area contributed by atoms with Crippen LogP contribution < -0.4 is 5.32 Å². The molecular formula is C31H40F2N2. The maximum Gasteiger partial charge on any atom is 0.248 e. The predicted octanol–water partition coefficient (Wildman–Crippen LogP) is 8.03. The molecule has 188 valence electrons. The van der Waals surface area contributed by atoms with Crippen LogP contribution >= 0.6 is 0 Å². The van der Waals surface area contributed by atoms with Crippen LogP contribution in [0, 0.1) is 31.1 Å². The van der Waals surface area contributed by atoms with Crippen molar-refractivity contribution >= 4 is 0 Å². The number of nitrogens with zero attached hydrogens (tertiary/aromatic N) is 1. The van der Waals surface area contributed by atoms with E-state index in [-0.39, 0.29) is 18.8 Å². The molecule has 2 aliphatic rings. The van der Waals surface area contributed by atoms with Crippen LogP contribution in [0.5, 0.6) is 0 Å². The van der Waals surface area contributed by atoms with Crippen molar-refractivity contribution < 1.29 is 8.78 Å². The molecular weight excluding hydrogens is 438 g/mol. The van der Waals surface area contributed by atoms with Gasteiger partial charge in [-0.3, -0.25) is 0 Å². The Bertz CT molecular complexity index is 948. The first kappa shape index (κ1) is 29.8. The summed E-state index contributed by atoms with van der Waals surface area (Å²) in [6.45, 7) is 11.8. The highest BCUT2D eigenvalue weighted by Crippen LogP contribution is 2.42. The fourth-order valence-electron chi connectivity index (χ4n) is 4.30. The van der Waals surface area contributed by atoms with E-state index < -0.39 is 5.92 Å². The van der Waals surface area contributed by atoms with Gasteiger partial charge in [0.2, 0.25) is 5.92 Å². The molecule has 0 atom stereocenters. The summed E-state index contributed by atoms with van der Waals surface area (Å²) in [4.78, 5) is 1.99. The highest BCUT2D eigenvalue weighted by atomic mass is 19.3. The average molecular weight is 479 g/mol. The third kappa shape index (κ3) is 8.80. The first-order valence-electron chi connectivity index (χ1n) is 12.2. The standard InChI is InChI=1S/C29H38F2N2.C2H2/c1-7-22(8-2)25(15-16-27(10-4)33(6)11-5)21-26(9-3)32-28(23-13-12-14-23)24-17-19-29(30,31)20-18-24;1-2/h3,7-8,10-11,15,21,24,32H,1,5,12-14,16-20H2,2,4,6H3;1-2H/b22-8-,25-15-,26-21+,27-10-;. The van der Waals surface area contributed by atoms with Gasteiger partial charge in [0.25, 0.3) is 0 Å². The van der Waals surface area contributed by atoms with E-state index in [0.29, 0.717) is 25.0 Å². The molecule has 2 saturated carbocycles. The zero-order valence-corrected chi connectivity index (χ0v) is 21.5. The van der Waals surface area contributed by atoms with Crippen molar-refractivity contribution in [1.29, 1.82) is 0 Å². The van der Waals surface area contributed by atoms with E-state index in [2.05, 4.69) is 49.4 Å². The molecule has 4 heteroatoms. The molecule has 0 amide bonds. The Morgan fingerprint density at radius 1 is 1.14 bits per heavy atom. The van der Waals surface area contributed by atoms with E-state index in [1.807, 2.05) is 44.0 Å². The van der Waals surface area contributed by atoms with Gasteiger partial charge in [0.15, 0.2) is 0 Å². The van der Waals surface area contributed by atoms with Crippen molar-refractivity contribution in [3.63, 3.8) is 0 Å². The van der Waals surface area contributed by atoms with E-state index in [4.69, 9.17) is 6.42 Å². The van der Waals surface area contributed by atoms with E-state index in [1.54, 1.807) is 6.20 Å². The number of rotatable bonds is 10. The summed E-state index contributed by atoms with van der Waals surface area (Å²) in [5.74, 6) is 0.355. The second-order valence-electron chi connectivity index (χ2n) is 8.71. The first-order chi connectivity index (χ1) is 16.8. The number of hydrogen-bond acceptors (Lipinski definition) is 2. The second-order valence-corrected chi connectivity index (χ2v) is 8.71. The third-order valence-electron chi connectivity index (χ3n) is 6.64. The Morgan fingerprint density at radius 2 is 1.77 bits per heavy atom. The lowest BCUT2D eigenvalue weighted by molar-refractivity contribution is -0.0426. The molecule has 0 saturated heterocycles. The van der Waals surface area contributed by atoms with Crippen molar-refractivity contribution in [1.82, 2.24) is 10.2 Å². The van der Waals surface area contributed by atoms with Gasteiger partial charge in [-0.1, -0.05) is 49.0 Å². The Morgan fingerprint density at radius 3 is 2.20 bits per heavy atom. The van der Waals surface area contributed by atoms with Crippen molar-refractivity contribution in [3.05, 3.63) is 83.5 Å². The lowest BCUT2D eigenvalue weighted by Gasteiger charge is -2.34. The molecule has 0 aromatic carbocycles. The van der Waals surface area contributed by atoms with Crippen LogP contribution in [0.15, 0.2) is 83.5 Å². The van der Waals surface area contributed by atoms with Gasteiger partial charge in [0, 0.05) is 37.7 Å². The number of terminal acetylenes is 2. The monoisotopic (exact) mass is 478 g/mol. The average Bonchev–Trinajstić information content (AvgIpc) is 2.83. The molecule has 0 aromatic rings. The minimum Gasteiger partial charge on any atom is -0.355 e. The Balaban J connectivity index is 0.00000298. The molecule has 1 N–H and O–H groups in total. The van der Waals surface area contributed by atoms with Gasteiger partial charge in [-0.2, -0.15) is 0 Å². The van der Waals surface area contributed by atoms with Crippen LogP contribution in [0.3, 0.4) is 0 Å². The first-order valence-corrected chi connectivity index (χ1v) is 12.2. The van der Waals surface area contributed by atoms with E-state index in [0.717, 1.165) is 41.8 Å². The lowest BCUT2D eigenvalue weighted by atomic mass is 9.79.